The molecule has 2 rings (SSSR count). The van der Waals surface area contributed by atoms with Crippen LogP contribution >= 0.6 is 0 Å². The van der Waals surface area contributed by atoms with Crippen molar-refractivity contribution in [3.05, 3.63) is 24.0 Å². The number of likely N-dealkylation sites (N-methyl/N-ethyl adjacent to an activating group) is 1. The lowest BCUT2D eigenvalue weighted by Crippen LogP contribution is -2.48. The lowest BCUT2D eigenvalue weighted by Gasteiger charge is -2.33. The predicted molar refractivity (Wildman–Crippen MR) is 69.3 cm³/mol. The number of amides is 1. The monoisotopic (exact) mass is 249 g/mol. The number of carbonyl (C=O) groups excluding carboxylic acids is 1. The molecule has 98 valence electrons. The number of aliphatic hydroxyl groups excluding tert-OH is 1. The van der Waals surface area contributed by atoms with Crippen LogP contribution in [0.4, 0.5) is 5.69 Å². The average molecular weight is 249 g/mol. The molecule has 1 saturated heterocycles. The summed E-state index contributed by atoms with van der Waals surface area (Å²) in [6, 6.07) is 3.74. The number of anilines is 1. The molecule has 0 aromatic carbocycles. The molecule has 0 radical (unpaired) electrons. The molecule has 0 saturated carbocycles. The van der Waals surface area contributed by atoms with Crippen LogP contribution in [-0.2, 0) is 4.79 Å². The van der Waals surface area contributed by atoms with Crippen molar-refractivity contribution in [3.8, 4) is 0 Å². The lowest BCUT2D eigenvalue weighted by atomic mass is 10.2. The van der Waals surface area contributed by atoms with Crippen LogP contribution in [0.15, 0.2) is 18.3 Å². The van der Waals surface area contributed by atoms with Crippen molar-refractivity contribution >= 4 is 11.6 Å². The van der Waals surface area contributed by atoms with Crippen molar-refractivity contribution in [2.45, 2.75) is 19.4 Å². The topological polar surface area (TPSA) is 56.7 Å². The SMILES string of the molecule is CC[C@H](O)c1ccc(N2CCN(C)C(=O)C2)cn1. The van der Waals surface area contributed by atoms with Gasteiger partial charge in [0.25, 0.3) is 0 Å². The van der Waals surface area contributed by atoms with Crippen LogP contribution in [0.5, 0.6) is 0 Å². The van der Waals surface area contributed by atoms with Crippen LogP contribution in [-0.4, -0.2) is 47.6 Å². The third-order valence-electron chi connectivity index (χ3n) is 3.32. The molecular formula is C13H19N3O2. The van der Waals surface area contributed by atoms with E-state index in [2.05, 4.69) is 4.98 Å². The Balaban J connectivity index is 2.08. The molecule has 5 heteroatoms. The second-order valence-corrected chi connectivity index (χ2v) is 4.60. The van der Waals surface area contributed by atoms with Crippen molar-refractivity contribution in [2.75, 3.05) is 31.6 Å². The van der Waals surface area contributed by atoms with Crippen molar-refractivity contribution in [3.63, 3.8) is 0 Å². The fraction of sp³-hybridized carbons (Fsp3) is 0.538. The maximum Gasteiger partial charge on any atom is 0.241 e. The second kappa shape index (κ2) is 5.35. The van der Waals surface area contributed by atoms with Gasteiger partial charge in [-0.05, 0) is 18.6 Å². The first kappa shape index (κ1) is 12.8. The van der Waals surface area contributed by atoms with E-state index in [0.717, 1.165) is 18.8 Å². The van der Waals surface area contributed by atoms with Gasteiger partial charge in [0.05, 0.1) is 30.2 Å². The second-order valence-electron chi connectivity index (χ2n) is 4.60. The molecule has 0 aliphatic carbocycles. The highest BCUT2D eigenvalue weighted by atomic mass is 16.3. The average Bonchev–Trinajstić information content (AvgIpc) is 2.41. The van der Waals surface area contributed by atoms with Gasteiger partial charge in [0.1, 0.15) is 0 Å². The van der Waals surface area contributed by atoms with Gasteiger partial charge in [0, 0.05) is 20.1 Å². The van der Waals surface area contributed by atoms with Gasteiger partial charge in [-0.1, -0.05) is 6.92 Å². The first-order valence-electron chi connectivity index (χ1n) is 6.24. The Hall–Kier alpha value is -1.62. The Labute approximate surface area is 107 Å². The minimum Gasteiger partial charge on any atom is -0.387 e. The summed E-state index contributed by atoms with van der Waals surface area (Å²) in [5, 5.41) is 9.67. The molecule has 1 fully saturated rings. The highest BCUT2D eigenvalue weighted by Gasteiger charge is 2.21. The number of piperazine rings is 1. The number of carbonyl (C=O) groups is 1. The third kappa shape index (κ3) is 2.61. The number of hydrogen-bond acceptors (Lipinski definition) is 4. The Bertz CT molecular complexity index is 419. The fourth-order valence-electron chi connectivity index (χ4n) is 1.97. The van der Waals surface area contributed by atoms with Crippen molar-refractivity contribution in [2.24, 2.45) is 0 Å². The maximum atomic E-state index is 11.6. The summed E-state index contributed by atoms with van der Waals surface area (Å²) in [5.41, 5.74) is 1.62. The van der Waals surface area contributed by atoms with E-state index < -0.39 is 6.10 Å². The van der Waals surface area contributed by atoms with Crippen LogP contribution < -0.4 is 4.90 Å². The largest absolute Gasteiger partial charge is 0.387 e. The first-order valence-corrected chi connectivity index (χ1v) is 6.24. The van der Waals surface area contributed by atoms with E-state index in [-0.39, 0.29) is 5.91 Å². The van der Waals surface area contributed by atoms with Gasteiger partial charge in [-0.15, -0.1) is 0 Å². The molecule has 1 N–H and O–H groups in total. The van der Waals surface area contributed by atoms with Gasteiger partial charge in [-0.2, -0.15) is 0 Å². The van der Waals surface area contributed by atoms with Crippen molar-refractivity contribution in [1.82, 2.24) is 9.88 Å². The van der Waals surface area contributed by atoms with E-state index in [1.165, 1.54) is 0 Å². The van der Waals surface area contributed by atoms with Crippen LogP contribution in [0, 0.1) is 0 Å². The fourth-order valence-corrected chi connectivity index (χ4v) is 1.97. The van der Waals surface area contributed by atoms with E-state index in [1.54, 1.807) is 11.1 Å². The Morgan fingerprint density at radius 3 is 2.78 bits per heavy atom. The van der Waals surface area contributed by atoms with E-state index >= 15 is 0 Å². The highest BCUT2D eigenvalue weighted by molar-refractivity contribution is 5.82. The number of hydrogen-bond donors (Lipinski definition) is 1. The van der Waals surface area contributed by atoms with E-state index in [1.807, 2.05) is 31.0 Å². The molecule has 1 amide bonds. The molecule has 0 bridgehead atoms. The van der Waals surface area contributed by atoms with Gasteiger partial charge >= 0.3 is 0 Å². The van der Waals surface area contributed by atoms with Gasteiger partial charge in [0.15, 0.2) is 0 Å². The predicted octanol–water partition coefficient (Wildman–Crippen LogP) is 0.803. The standard InChI is InChI=1S/C13H19N3O2/c1-3-12(17)11-5-4-10(8-14-11)16-7-6-15(2)13(18)9-16/h4-5,8,12,17H,3,6-7,9H2,1-2H3/t12-/m0/s1. The molecule has 2 heterocycles. The Kier molecular flexibility index (Phi) is 3.81. The van der Waals surface area contributed by atoms with Gasteiger partial charge in [-0.3, -0.25) is 9.78 Å². The summed E-state index contributed by atoms with van der Waals surface area (Å²) in [5.74, 6) is 0.124. The van der Waals surface area contributed by atoms with E-state index in [4.69, 9.17) is 0 Å². The molecular weight excluding hydrogens is 230 g/mol. The lowest BCUT2D eigenvalue weighted by molar-refractivity contribution is -0.129. The zero-order chi connectivity index (χ0) is 13.1. The molecule has 0 spiro atoms. The Morgan fingerprint density at radius 1 is 1.44 bits per heavy atom. The quantitative estimate of drug-likeness (QED) is 0.861. The van der Waals surface area contributed by atoms with E-state index in [9.17, 15) is 9.90 Å². The minimum absolute atomic E-state index is 0.124. The van der Waals surface area contributed by atoms with Crippen molar-refractivity contribution < 1.29 is 9.90 Å². The molecule has 1 aromatic rings. The smallest absolute Gasteiger partial charge is 0.241 e. The summed E-state index contributed by atoms with van der Waals surface area (Å²) in [6.07, 6.45) is 1.87. The summed E-state index contributed by atoms with van der Waals surface area (Å²) in [7, 11) is 1.82. The normalized spacial score (nSPS) is 18.1. The van der Waals surface area contributed by atoms with Crippen LogP contribution in [0.1, 0.15) is 25.1 Å². The van der Waals surface area contributed by atoms with Crippen LogP contribution in [0.2, 0.25) is 0 Å². The molecule has 18 heavy (non-hydrogen) atoms. The molecule has 1 aromatic heterocycles. The van der Waals surface area contributed by atoms with Crippen molar-refractivity contribution in [1.29, 1.82) is 0 Å². The number of rotatable bonds is 3. The summed E-state index contributed by atoms with van der Waals surface area (Å²) < 4.78 is 0. The van der Waals surface area contributed by atoms with Crippen LogP contribution in [0.25, 0.3) is 0 Å². The zero-order valence-corrected chi connectivity index (χ0v) is 10.8. The van der Waals surface area contributed by atoms with E-state index in [0.29, 0.717) is 18.7 Å². The summed E-state index contributed by atoms with van der Waals surface area (Å²) in [6.45, 7) is 3.87. The minimum atomic E-state index is -0.506. The number of aromatic nitrogens is 1. The van der Waals surface area contributed by atoms with Gasteiger partial charge in [-0.25, -0.2) is 0 Å². The summed E-state index contributed by atoms with van der Waals surface area (Å²) >= 11 is 0. The highest BCUT2D eigenvalue weighted by Crippen LogP contribution is 2.19. The Morgan fingerprint density at radius 2 is 2.22 bits per heavy atom. The molecule has 1 aliphatic heterocycles. The zero-order valence-electron chi connectivity index (χ0n) is 10.8. The summed E-state index contributed by atoms with van der Waals surface area (Å²) in [4.78, 5) is 19.6. The number of pyridine rings is 1. The van der Waals surface area contributed by atoms with Gasteiger partial charge in [0.2, 0.25) is 5.91 Å². The van der Waals surface area contributed by atoms with Crippen LogP contribution in [0.3, 0.4) is 0 Å². The molecule has 1 atom stereocenters. The van der Waals surface area contributed by atoms with Gasteiger partial charge < -0.3 is 14.9 Å². The number of aliphatic hydroxyl groups is 1. The number of nitrogens with zero attached hydrogens (tertiary/aromatic N) is 3. The first-order chi connectivity index (χ1) is 8.61. The molecule has 0 unspecified atom stereocenters. The maximum absolute atomic E-state index is 11.6. The molecule has 1 aliphatic rings. The molecule has 5 nitrogen and oxygen atoms in total. The third-order valence-corrected chi connectivity index (χ3v) is 3.32.